The monoisotopic (exact) mass is 405 g/mol. The maximum atomic E-state index is 12.2. The lowest BCUT2D eigenvalue weighted by atomic mass is 10.1. The Labute approximate surface area is 177 Å². The molecule has 0 radical (unpaired) electrons. The van der Waals surface area contributed by atoms with Gasteiger partial charge in [-0.05, 0) is 48.2 Å². The molecule has 0 unspecified atom stereocenters. The molecule has 1 amide bonds. The Bertz CT molecular complexity index is 939. The van der Waals surface area contributed by atoms with E-state index in [0.717, 1.165) is 17.7 Å². The summed E-state index contributed by atoms with van der Waals surface area (Å²) in [7, 11) is 3.85. The SMILES string of the molecule is CCc1ccc([C@H](C)NC(=O)COC(=O)/C(C#N)=C/c2ccc(N(C)C)cc2)cc1. The van der Waals surface area contributed by atoms with Crippen LogP contribution in [0.15, 0.2) is 54.1 Å². The average molecular weight is 405 g/mol. The van der Waals surface area contributed by atoms with Crippen molar-refractivity contribution in [3.05, 3.63) is 70.8 Å². The maximum absolute atomic E-state index is 12.2. The highest BCUT2D eigenvalue weighted by Gasteiger charge is 2.15. The van der Waals surface area contributed by atoms with Gasteiger partial charge in [-0.2, -0.15) is 5.26 Å². The number of benzene rings is 2. The number of esters is 1. The van der Waals surface area contributed by atoms with Gasteiger partial charge in [-0.3, -0.25) is 4.79 Å². The predicted octanol–water partition coefficient (Wildman–Crippen LogP) is 3.64. The Hall–Kier alpha value is -3.59. The van der Waals surface area contributed by atoms with Gasteiger partial charge >= 0.3 is 5.97 Å². The molecule has 2 aromatic rings. The first kappa shape index (κ1) is 22.7. The Kier molecular flexibility index (Phi) is 8.18. The molecule has 0 bridgehead atoms. The Balaban J connectivity index is 1.92. The molecule has 0 aliphatic rings. The van der Waals surface area contributed by atoms with Crippen LogP contribution in [0.4, 0.5) is 5.69 Å². The van der Waals surface area contributed by atoms with Crippen LogP contribution in [0.1, 0.15) is 36.6 Å². The summed E-state index contributed by atoms with van der Waals surface area (Å²) in [5.41, 5.74) is 3.72. The van der Waals surface area contributed by atoms with Crippen LogP contribution < -0.4 is 10.2 Å². The summed E-state index contributed by atoms with van der Waals surface area (Å²) in [6, 6.07) is 17.0. The average Bonchev–Trinajstić information content (AvgIpc) is 2.76. The van der Waals surface area contributed by atoms with Crippen LogP contribution in [0.2, 0.25) is 0 Å². The molecule has 0 saturated heterocycles. The van der Waals surface area contributed by atoms with Gasteiger partial charge < -0.3 is 15.0 Å². The van der Waals surface area contributed by atoms with Crippen molar-refractivity contribution in [3.63, 3.8) is 0 Å². The first-order valence-corrected chi connectivity index (χ1v) is 9.78. The molecule has 2 rings (SSSR count). The standard InChI is InChI=1S/C24H27N3O3/c1-5-18-6-10-20(11-7-18)17(2)26-23(28)16-30-24(29)21(15-25)14-19-8-12-22(13-9-19)27(3)4/h6-14,17H,5,16H2,1-4H3,(H,26,28)/b21-14+/t17-/m0/s1. The van der Waals surface area contributed by atoms with Gasteiger partial charge in [-0.15, -0.1) is 0 Å². The van der Waals surface area contributed by atoms with E-state index in [0.29, 0.717) is 5.56 Å². The van der Waals surface area contributed by atoms with Gasteiger partial charge in [-0.1, -0.05) is 43.3 Å². The summed E-state index contributed by atoms with van der Waals surface area (Å²) in [6.45, 7) is 3.49. The largest absolute Gasteiger partial charge is 0.451 e. The van der Waals surface area contributed by atoms with E-state index in [-0.39, 0.29) is 11.6 Å². The number of amides is 1. The normalized spacial score (nSPS) is 11.9. The number of nitrogens with one attached hydrogen (secondary N) is 1. The molecular weight excluding hydrogens is 378 g/mol. The lowest BCUT2D eigenvalue weighted by molar-refractivity contribution is -0.144. The first-order chi connectivity index (χ1) is 14.3. The van der Waals surface area contributed by atoms with Crippen molar-refractivity contribution in [1.29, 1.82) is 5.26 Å². The molecule has 0 spiro atoms. The Morgan fingerprint density at radius 3 is 2.30 bits per heavy atom. The minimum absolute atomic E-state index is 0.163. The fourth-order valence-corrected chi connectivity index (χ4v) is 2.79. The fourth-order valence-electron chi connectivity index (χ4n) is 2.79. The number of hydrogen-bond acceptors (Lipinski definition) is 5. The molecule has 0 fully saturated rings. The van der Waals surface area contributed by atoms with Crippen molar-refractivity contribution in [1.82, 2.24) is 5.32 Å². The minimum atomic E-state index is -0.829. The number of carbonyl (C=O) groups excluding carboxylic acids is 2. The Morgan fingerprint density at radius 1 is 1.13 bits per heavy atom. The number of nitrogens with zero attached hydrogens (tertiary/aromatic N) is 2. The second-order valence-corrected chi connectivity index (χ2v) is 7.12. The number of carbonyl (C=O) groups is 2. The summed E-state index contributed by atoms with van der Waals surface area (Å²) < 4.78 is 5.01. The number of anilines is 1. The van der Waals surface area contributed by atoms with E-state index >= 15 is 0 Å². The smallest absolute Gasteiger partial charge is 0.349 e. The van der Waals surface area contributed by atoms with Crippen molar-refractivity contribution < 1.29 is 14.3 Å². The molecule has 0 aliphatic heterocycles. The molecule has 0 heterocycles. The van der Waals surface area contributed by atoms with Crippen molar-refractivity contribution in [2.45, 2.75) is 26.3 Å². The minimum Gasteiger partial charge on any atom is -0.451 e. The van der Waals surface area contributed by atoms with Crippen LogP contribution >= 0.6 is 0 Å². The van der Waals surface area contributed by atoms with Crippen LogP contribution in [0.3, 0.4) is 0 Å². The van der Waals surface area contributed by atoms with E-state index in [9.17, 15) is 14.9 Å². The summed E-state index contributed by atoms with van der Waals surface area (Å²) in [6.07, 6.45) is 2.39. The van der Waals surface area contributed by atoms with Gasteiger partial charge in [0.25, 0.3) is 5.91 Å². The van der Waals surface area contributed by atoms with Gasteiger partial charge in [0.1, 0.15) is 11.6 Å². The van der Waals surface area contributed by atoms with E-state index in [1.165, 1.54) is 11.6 Å². The lowest BCUT2D eigenvalue weighted by Gasteiger charge is -2.15. The van der Waals surface area contributed by atoms with Crippen molar-refractivity contribution in [2.24, 2.45) is 0 Å². The molecule has 0 saturated carbocycles. The topological polar surface area (TPSA) is 82.4 Å². The van der Waals surface area contributed by atoms with E-state index in [1.54, 1.807) is 12.1 Å². The highest BCUT2D eigenvalue weighted by atomic mass is 16.5. The highest BCUT2D eigenvalue weighted by Crippen LogP contribution is 2.16. The van der Waals surface area contributed by atoms with Crippen molar-refractivity contribution >= 4 is 23.6 Å². The zero-order valence-corrected chi connectivity index (χ0v) is 17.8. The van der Waals surface area contributed by atoms with E-state index < -0.39 is 18.5 Å². The summed E-state index contributed by atoms with van der Waals surface area (Å²) in [5, 5.41) is 12.1. The zero-order chi connectivity index (χ0) is 22.1. The van der Waals surface area contributed by atoms with Crippen LogP contribution in [0.25, 0.3) is 6.08 Å². The second-order valence-electron chi connectivity index (χ2n) is 7.12. The molecule has 1 N–H and O–H groups in total. The molecule has 30 heavy (non-hydrogen) atoms. The van der Waals surface area contributed by atoms with Gasteiger partial charge in [0.2, 0.25) is 0 Å². The lowest BCUT2D eigenvalue weighted by Crippen LogP contribution is -2.31. The first-order valence-electron chi connectivity index (χ1n) is 9.78. The summed E-state index contributed by atoms with van der Waals surface area (Å²) >= 11 is 0. The zero-order valence-electron chi connectivity index (χ0n) is 17.8. The maximum Gasteiger partial charge on any atom is 0.349 e. The molecule has 2 aromatic carbocycles. The third-order valence-electron chi connectivity index (χ3n) is 4.66. The van der Waals surface area contributed by atoms with Crippen LogP contribution in [0.5, 0.6) is 0 Å². The van der Waals surface area contributed by atoms with Crippen LogP contribution in [-0.4, -0.2) is 32.6 Å². The number of aryl methyl sites for hydroxylation is 1. The van der Waals surface area contributed by atoms with Gasteiger partial charge in [0.15, 0.2) is 6.61 Å². The van der Waals surface area contributed by atoms with Gasteiger partial charge in [0.05, 0.1) is 6.04 Å². The summed E-state index contributed by atoms with van der Waals surface area (Å²) in [4.78, 5) is 26.3. The number of hydrogen-bond donors (Lipinski definition) is 1. The van der Waals surface area contributed by atoms with Gasteiger partial charge in [-0.25, -0.2) is 4.79 Å². The summed E-state index contributed by atoms with van der Waals surface area (Å²) in [5.74, 6) is -1.26. The van der Waals surface area contributed by atoms with E-state index in [4.69, 9.17) is 4.74 Å². The third kappa shape index (κ3) is 6.49. The molecule has 0 aromatic heterocycles. The molecule has 156 valence electrons. The van der Waals surface area contributed by atoms with Crippen molar-refractivity contribution in [2.75, 3.05) is 25.6 Å². The molecule has 6 heteroatoms. The number of ether oxygens (including phenoxy) is 1. The van der Waals surface area contributed by atoms with E-state index in [1.807, 2.05) is 68.4 Å². The van der Waals surface area contributed by atoms with Crippen LogP contribution in [-0.2, 0) is 20.7 Å². The Morgan fingerprint density at radius 2 is 1.77 bits per heavy atom. The third-order valence-corrected chi connectivity index (χ3v) is 4.66. The fraction of sp³-hybridized carbons (Fsp3) is 0.292. The number of rotatable bonds is 8. The van der Waals surface area contributed by atoms with E-state index in [2.05, 4.69) is 12.2 Å². The quantitative estimate of drug-likeness (QED) is 0.412. The molecule has 6 nitrogen and oxygen atoms in total. The second kappa shape index (κ2) is 10.8. The predicted molar refractivity (Wildman–Crippen MR) is 118 cm³/mol. The highest BCUT2D eigenvalue weighted by molar-refractivity contribution is 5.98. The van der Waals surface area contributed by atoms with Crippen molar-refractivity contribution in [3.8, 4) is 6.07 Å². The van der Waals surface area contributed by atoms with Gasteiger partial charge in [0, 0.05) is 19.8 Å². The number of nitriles is 1. The molecule has 1 atom stereocenters. The van der Waals surface area contributed by atoms with Crippen LogP contribution in [0, 0.1) is 11.3 Å². The molecule has 0 aliphatic carbocycles. The molecular formula is C24H27N3O3.